The third-order valence-electron chi connectivity index (χ3n) is 5.86. The topological polar surface area (TPSA) is 97.0 Å². The number of halogens is 3. The van der Waals surface area contributed by atoms with Crippen molar-refractivity contribution in [2.75, 3.05) is 25.0 Å². The highest BCUT2D eigenvalue weighted by Crippen LogP contribution is 2.39. The highest BCUT2D eigenvalue weighted by molar-refractivity contribution is 7.15. The van der Waals surface area contributed by atoms with Crippen LogP contribution in [-0.2, 0) is 16.4 Å². The number of alkyl halides is 3. The molecule has 1 aliphatic rings. The summed E-state index contributed by atoms with van der Waals surface area (Å²) in [6.45, 7) is 0.951. The van der Waals surface area contributed by atoms with Crippen LogP contribution in [0.4, 0.5) is 24.8 Å². The minimum Gasteiger partial charge on any atom is -0.356 e. The molecule has 1 atom stereocenters. The monoisotopic (exact) mass is 476 g/mol. The van der Waals surface area contributed by atoms with E-state index in [1.165, 1.54) is 16.2 Å². The summed E-state index contributed by atoms with van der Waals surface area (Å²) in [6, 6.07) is 8.21. The predicted molar refractivity (Wildman–Crippen MR) is 120 cm³/mol. The fraction of sp³-hybridized carbons (Fsp3) is 0.364. The molecule has 3 aromatic rings. The summed E-state index contributed by atoms with van der Waals surface area (Å²) in [5.41, 5.74) is 6.28. The van der Waals surface area contributed by atoms with Gasteiger partial charge in [0, 0.05) is 50.1 Å². The number of rotatable bonds is 5. The number of aromatic nitrogens is 3. The minimum atomic E-state index is -4.55. The van der Waals surface area contributed by atoms with E-state index >= 15 is 0 Å². The number of hydrogen-bond donors (Lipinski definition) is 2. The molecule has 1 saturated heterocycles. The maximum Gasteiger partial charge on any atom is 0.433 e. The lowest BCUT2D eigenvalue weighted by Gasteiger charge is -2.28. The van der Waals surface area contributed by atoms with Gasteiger partial charge in [-0.05, 0) is 36.6 Å². The van der Waals surface area contributed by atoms with Gasteiger partial charge in [0.25, 0.3) is 0 Å². The largest absolute Gasteiger partial charge is 0.433 e. The van der Waals surface area contributed by atoms with Crippen molar-refractivity contribution >= 4 is 28.9 Å². The average molecular weight is 477 g/mol. The molecule has 174 valence electrons. The van der Waals surface area contributed by atoms with E-state index in [1.54, 1.807) is 19.3 Å². The van der Waals surface area contributed by atoms with Crippen molar-refractivity contribution in [1.82, 2.24) is 20.3 Å². The fourth-order valence-corrected chi connectivity index (χ4v) is 4.98. The summed E-state index contributed by atoms with van der Waals surface area (Å²) in [6.07, 6.45) is 0.0900. The van der Waals surface area contributed by atoms with Crippen LogP contribution in [0.25, 0.3) is 10.4 Å². The molecule has 11 heteroatoms. The quantitative estimate of drug-likeness (QED) is 0.580. The zero-order valence-corrected chi connectivity index (χ0v) is 18.7. The molecule has 0 aliphatic carbocycles. The number of thiazole rings is 1. The zero-order chi connectivity index (χ0) is 23.6. The molecule has 33 heavy (non-hydrogen) atoms. The molecule has 4 rings (SSSR count). The van der Waals surface area contributed by atoms with Gasteiger partial charge in [0.1, 0.15) is 10.7 Å². The Labute approximate surface area is 192 Å². The van der Waals surface area contributed by atoms with Crippen LogP contribution in [-0.4, -0.2) is 41.0 Å². The van der Waals surface area contributed by atoms with Crippen LogP contribution in [0.15, 0.2) is 42.7 Å². The Kier molecular flexibility index (Phi) is 6.35. The Morgan fingerprint density at radius 1 is 1.24 bits per heavy atom. The van der Waals surface area contributed by atoms with Crippen molar-refractivity contribution in [3.63, 3.8) is 0 Å². The molecule has 1 aliphatic heterocycles. The number of carbonyl (C=O) groups is 1. The predicted octanol–water partition coefficient (Wildman–Crippen LogP) is 3.88. The molecule has 3 heterocycles. The van der Waals surface area contributed by atoms with E-state index in [0.29, 0.717) is 31.6 Å². The molecule has 1 amide bonds. The third-order valence-corrected chi connectivity index (χ3v) is 7.15. The summed E-state index contributed by atoms with van der Waals surface area (Å²) in [5, 5.41) is 3.77. The standard InChI is InChI=1S/C22H23F3N6OS/c1-31(20-28-9-6-17(30-20)22(23,24)25)15-4-2-3-14(11-15)16-12-29-19(33-16)21(13-26)7-5-18(32)27-10-8-21/h2-4,6,9,11-12H,5,7-8,10,13,26H2,1H3,(H,27,32). The van der Waals surface area contributed by atoms with Crippen LogP contribution in [0.2, 0.25) is 0 Å². The number of nitrogens with two attached hydrogens (primary N) is 1. The van der Waals surface area contributed by atoms with Gasteiger partial charge in [-0.3, -0.25) is 4.79 Å². The van der Waals surface area contributed by atoms with Crippen LogP contribution in [0.1, 0.15) is 30.0 Å². The fourth-order valence-electron chi connectivity index (χ4n) is 3.82. The van der Waals surface area contributed by atoms with Gasteiger partial charge in [-0.25, -0.2) is 15.0 Å². The molecular formula is C22H23F3N6OS. The minimum absolute atomic E-state index is 0.0228. The number of benzene rings is 1. The molecule has 0 bridgehead atoms. The van der Waals surface area contributed by atoms with E-state index in [1.807, 2.05) is 18.2 Å². The lowest BCUT2D eigenvalue weighted by Crippen LogP contribution is -2.35. The van der Waals surface area contributed by atoms with Gasteiger partial charge in [0.2, 0.25) is 11.9 Å². The van der Waals surface area contributed by atoms with Crippen LogP contribution in [0.3, 0.4) is 0 Å². The Hall–Kier alpha value is -3.05. The van der Waals surface area contributed by atoms with Crippen molar-refractivity contribution < 1.29 is 18.0 Å². The normalized spacial score (nSPS) is 19.1. The second-order valence-electron chi connectivity index (χ2n) is 7.96. The molecule has 0 saturated carbocycles. The van der Waals surface area contributed by atoms with Crippen molar-refractivity contribution in [3.8, 4) is 10.4 Å². The van der Waals surface area contributed by atoms with E-state index in [0.717, 1.165) is 34.1 Å². The van der Waals surface area contributed by atoms with E-state index in [9.17, 15) is 18.0 Å². The van der Waals surface area contributed by atoms with Crippen LogP contribution >= 0.6 is 11.3 Å². The zero-order valence-electron chi connectivity index (χ0n) is 17.9. The summed E-state index contributed by atoms with van der Waals surface area (Å²) in [4.78, 5) is 26.5. The first-order valence-electron chi connectivity index (χ1n) is 10.4. The van der Waals surface area contributed by atoms with Gasteiger partial charge in [0.05, 0.1) is 4.88 Å². The molecule has 1 fully saturated rings. The number of hydrogen-bond acceptors (Lipinski definition) is 7. The van der Waals surface area contributed by atoms with Crippen molar-refractivity contribution in [1.29, 1.82) is 0 Å². The van der Waals surface area contributed by atoms with E-state index in [-0.39, 0.29) is 17.3 Å². The lowest BCUT2D eigenvalue weighted by atomic mass is 9.81. The second kappa shape index (κ2) is 9.06. The summed E-state index contributed by atoms with van der Waals surface area (Å²) in [5.74, 6) is -0.0284. The summed E-state index contributed by atoms with van der Waals surface area (Å²) < 4.78 is 39.1. The number of anilines is 2. The molecule has 1 unspecified atom stereocenters. The molecule has 2 aromatic heterocycles. The van der Waals surface area contributed by atoms with Gasteiger partial charge in [-0.2, -0.15) is 13.2 Å². The molecule has 0 radical (unpaired) electrons. The summed E-state index contributed by atoms with van der Waals surface area (Å²) in [7, 11) is 1.62. The van der Waals surface area contributed by atoms with Gasteiger partial charge in [-0.1, -0.05) is 12.1 Å². The third kappa shape index (κ3) is 4.83. The van der Waals surface area contributed by atoms with Gasteiger partial charge in [-0.15, -0.1) is 11.3 Å². The first-order chi connectivity index (χ1) is 15.7. The van der Waals surface area contributed by atoms with Crippen LogP contribution in [0.5, 0.6) is 0 Å². The molecule has 7 nitrogen and oxygen atoms in total. The van der Waals surface area contributed by atoms with Crippen molar-refractivity contribution in [2.45, 2.75) is 30.9 Å². The number of nitrogens with zero attached hydrogens (tertiary/aromatic N) is 4. The number of carbonyl (C=O) groups excluding carboxylic acids is 1. The maximum absolute atomic E-state index is 13.0. The van der Waals surface area contributed by atoms with Gasteiger partial charge in [0.15, 0.2) is 0 Å². The van der Waals surface area contributed by atoms with Crippen molar-refractivity contribution in [2.24, 2.45) is 5.73 Å². The average Bonchev–Trinajstić information content (AvgIpc) is 3.23. The Balaban J connectivity index is 1.61. The van der Waals surface area contributed by atoms with Gasteiger partial charge < -0.3 is 16.0 Å². The highest BCUT2D eigenvalue weighted by atomic mass is 32.1. The smallest absolute Gasteiger partial charge is 0.356 e. The lowest BCUT2D eigenvalue weighted by molar-refractivity contribution is -0.141. The van der Waals surface area contributed by atoms with E-state index in [4.69, 9.17) is 5.73 Å². The summed E-state index contributed by atoms with van der Waals surface area (Å²) >= 11 is 1.52. The molecule has 3 N–H and O–H groups in total. The first kappa shape index (κ1) is 23.1. The maximum atomic E-state index is 13.0. The number of nitrogens with one attached hydrogen (secondary N) is 1. The van der Waals surface area contributed by atoms with E-state index in [2.05, 4.69) is 20.3 Å². The second-order valence-corrected chi connectivity index (χ2v) is 8.99. The molecule has 1 aromatic carbocycles. The first-order valence-corrected chi connectivity index (χ1v) is 11.2. The Bertz CT molecular complexity index is 1150. The molecular weight excluding hydrogens is 453 g/mol. The SMILES string of the molecule is CN(c1cccc(-c2cnc(C3(CN)CCNC(=O)CC3)s2)c1)c1nccc(C(F)(F)F)n1. The van der Waals surface area contributed by atoms with Gasteiger partial charge >= 0.3 is 6.18 Å². The van der Waals surface area contributed by atoms with Crippen molar-refractivity contribution in [3.05, 3.63) is 53.4 Å². The number of amides is 1. The van der Waals surface area contributed by atoms with Crippen LogP contribution < -0.4 is 16.0 Å². The molecule has 0 spiro atoms. The Morgan fingerprint density at radius 3 is 2.82 bits per heavy atom. The van der Waals surface area contributed by atoms with Crippen LogP contribution in [0, 0.1) is 0 Å². The highest BCUT2D eigenvalue weighted by Gasteiger charge is 2.36. The van der Waals surface area contributed by atoms with E-state index < -0.39 is 11.9 Å². The Morgan fingerprint density at radius 2 is 2.06 bits per heavy atom.